The van der Waals surface area contributed by atoms with E-state index in [0.717, 1.165) is 0 Å². The molecule has 0 unspecified atom stereocenters. The van der Waals surface area contributed by atoms with Crippen LogP contribution in [0.2, 0.25) is 0 Å². The quantitative estimate of drug-likeness (QED) is 0.779. The Morgan fingerprint density at radius 1 is 1.40 bits per heavy atom. The number of rotatable bonds is 6. The third-order valence-corrected chi connectivity index (χ3v) is 1.98. The zero-order chi connectivity index (χ0) is 12.0. The molecule has 0 aromatic heterocycles. The maximum Gasteiger partial charge on any atom is 0.326 e. The highest BCUT2D eigenvalue weighted by Gasteiger charge is 2.20. The van der Waals surface area contributed by atoms with Gasteiger partial charge in [-0.25, -0.2) is 4.79 Å². The molecule has 4 nitrogen and oxygen atoms in total. The maximum absolute atomic E-state index is 11.3. The number of hydrogen-bond acceptors (Lipinski definition) is 2. The first-order valence-electron chi connectivity index (χ1n) is 4.68. The highest BCUT2D eigenvalue weighted by Crippen LogP contribution is 2.10. The smallest absolute Gasteiger partial charge is 0.326 e. The van der Waals surface area contributed by atoms with Gasteiger partial charge in [-0.05, 0) is 10.4 Å². The fraction of sp³-hybridized carbons (Fsp3) is 0.600. The third-order valence-electron chi connectivity index (χ3n) is 1.65. The Kier molecular flexibility index (Phi) is 6.24. The largest absolute Gasteiger partial charge is 0.480 e. The van der Waals surface area contributed by atoms with Gasteiger partial charge in [-0.1, -0.05) is 36.4 Å². The van der Waals surface area contributed by atoms with Crippen molar-refractivity contribution in [2.75, 3.05) is 0 Å². The summed E-state index contributed by atoms with van der Waals surface area (Å²) in [5.41, 5.74) is 0. The van der Waals surface area contributed by atoms with Crippen LogP contribution >= 0.6 is 15.9 Å². The molecule has 1 atom stereocenters. The first-order chi connectivity index (χ1) is 6.82. The standard InChI is InChI=1S/C10H16BrNO3/c1-6(2)4-9(13)12-8(10(14)15)5-7(3)11/h6,8H,3-5H2,1-2H3,(H,12,13)(H,14,15)/t8-/m0/s1. The van der Waals surface area contributed by atoms with Gasteiger partial charge in [0.25, 0.3) is 0 Å². The van der Waals surface area contributed by atoms with Crippen molar-refractivity contribution in [1.29, 1.82) is 0 Å². The van der Waals surface area contributed by atoms with Crippen molar-refractivity contribution in [2.24, 2.45) is 5.92 Å². The molecule has 0 aliphatic carbocycles. The molecule has 1 amide bonds. The molecule has 0 spiro atoms. The number of carboxylic acid groups (broad SMARTS) is 1. The topological polar surface area (TPSA) is 66.4 Å². The van der Waals surface area contributed by atoms with E-state index in [-0.39, 0.29) is 18.2 Å². The van der Waals surface area contributed by atoms with Crippen molar-refractivity contribution >= 4 is 27.8 Å². The van der Waals surface area contributed by atoms with Gasteiger partial charge in [0, 0.05) is 12.8 Å². The molecule has 0 saturated heterocycles. The van der Waals surface area contributed by atoms with Gasteiger partial charge in [0.15, 0.2) is 0 Å². The van der Waals surface area contributed by atoms with Crippen LogP contribution in [0.25, 0.3) is 0 Å². The van der Waals surface area contributed by atoms with E-state index >= 15 is 0 Å². The van der Waals surface area contributed by atoms with Crippen LogP contribution in [0, 0.1) is 5.92 Å². The molecule has 0 saturated carbocycles. The van der Waals surface area contributed by atoms with Crippen molar-refractivity contribution in [3.63, 3.8) is 0 Å². The predicted octanol–water partition coefficient (Wildman–Crippen LogP) is 1.90. The molecular weight excluding hydrogens is 262 g/mol. The highest BCUT2D eigenvalue weighted by molar-refractivity contribution is 9.11. The van der Waals surface area contributed by atoms with Gasteiger partial charge in [0.1, 0.15) is 6.04 Å². The molecule has 15 heavy (non-hydrogen) atoms. The van der Waals surface area contributed by atoms with Crippen LogP contribution in [0.15, 0.2) is 11.1 Å². The lowest BCUT2D eigenvalue weighted by atomic mass is 10.1. The molecule has 86 valence electrons. The van der Waals surface area contributed by atoms with Gasteiger partial charge in [-0.2, -0.15) is 0 Å². The number of amides is 1. The van der Waals surface area contributed by atoms with Crippen molar-refractivity contribution < 1.29 is 14.7 Å². The fourth-order valence-corrected chi connectivity index (χ4v) is 1.37. The molecule has 0 radical (unpaired) electrons. The van der Waals surface area contributed by atoms with Crippen LogP contribution in [-0.4, -0.2) is 23.0 Å². The summed E-state index contributed by atoms with van der Waals surface area (Å²) in [4.78, 5) is 22.1. The maximum atomic E-state index is 11.3. The van der Waals surface area contributed by atoms with Gasteiger partial charge in [0.2, 0.25) is 5.91 Å². The second kappa shape index (κ2) is 6.61. The average molecular weight is 278 g/mol. The number of halogens is 1. The molecule has 2 N–H and O–H groups in total. The Hall–Kier alpha value is -0.840. The minimum absolute atomic E-state index is 0.194. The summed E-state index contributed by atoms with van der Waals surface area (Å²) < 4.78 is 0.555. The molecule has 0 aromatic rings. The molecule has 0 rings (SSSR count). The Balaban J connectivity index is 4.22. The highest BCUT2D eigenvalue weighted by atomic mass is 79.9. The molecule has 0 heterocycles. The molecular formula is C10H16BrNO3. The average Bonchev–Trinajstić information content (AvgIpc) is 1.99. The van der Waals surface area contributed by atoms with Crippen molar-refractivity contribution in [2.45, 2.75) is 32.7 Å². The molecule has 0 aliphatic rings. The van der Waals surface area contributed by atoms with Crippen LogP contribution in [0.5, 0.6) is 0 Å². The van der Waals surface area contributed by atoms with Crippen molar-refractivity contribution in [1.82, 2.24) is 5.32 Å². The van der Waals surface area contributed by atoms with E-state index in [1.54, 1.807) is 0 Å². The van der Waals surface area contributed by atoms with Crippen molar-refractivity contribution in [3.8, 4) is 0 Å². The zero-order valence-corrected chi connectivity index (χ0v) is 10.5. The minimum Gasteiger partial charge on any atom is -0.480 e. The van der Waals surface area contributed by atoms with Gasteiger partial charge >= 0.3 is 5.97 Å². The van der Waals surface area contributed by atoms with E-state index in [1.807, 2.05) is 13.8 Å². The lowest BCUT2D eigenvalue weighted by Crippen LogP contribution is -2.41. The first kappa shape index (κ1) is 14.2. The summed E-state index contributed by atoms with van der Waals surface area (Å²) >= 11 is 3.08. The number of hydrogen-bond donors (Lipinski definition) is 2. The summed E-state index contributed by atoms with van der Waals surface area (Å²) in [7, 11) is 0. The monoisotopic (exact) mass is 277 g/mol. The van der Waals surface area contributed by atoms with E-state index in [4.69, 9.17) is 5.11 Å². The van der Waals surface area contributed by atoms with Crippen LogP contribution < -0.4 is 5.32 Å². The Bertz CT molecular complexity index is 263. The van der Waals surface area contributed by atoms with Gasteiger partial charge in [-0.3, -0.25) is 4.79 Å². The number of nitrogens with one attached hydrogen (secondary N) is 1. The second-order valence-electron chi connectivity index (χ2n) is 3.78. The van der Waals surface area contributed by atoms with Gasteiger partial charge in [-0.15, -0.1) is 0 Å². The SMILES string of the molecule is C=C(Br)C[C@H](NC(=O)CC(C)C)C(=O)O. The minimum atomic E-state index is -1.05. The molecule has 0 aromatic carbocycles. The third kappa shape index (κ3) is 7.13. The van der Waals surface area contributed by atoms with Crippen molar-refractivity contribution in [3.05, 3.63) is 11.1 Å². The molecule has 0 aliphatic heterocycles. The molecule has 5 heteroatoms. The number of carbonyl (C=O) groups excluding carboxylic acids is 1. The molecule has 0 bridgehead atoms. The van der Waals surface area contributed by atoms with Gasteiger partial charge < -0.3 is 10.4 Å². The van der Waals surface area contributed by atoms with Crippen LogP contribution in [0.4, 0.5) is 0 Å². The first-order valence-corrected chi connectivity index (χ1v) is 5.47. The molecule has 0 fully saturated rings. The Labute approximate surface area is 97.9 Å². The summed E-state index contributed by atoms with van der Waals surface area (Å²) in [6.07, 6.45) is 0.526. The Morgan fingerprint density at radius 3 is 2.27 bits per heavy atom. The van der Waals surface area contributed by atoms with Crippen LogP contribution in [0.3, 0.4) is 0 Å². The number of aliphatic carboxylic acids is 1. The summed E-state index contributed by atoms with van der Waals surface area (Å²) in [6.45, 7) is 7.35. The summed E-state index contributed by atoms with van der Waals surface area (Å²) in [5.74, 6) is -1.08. The lowest BCUT2D eigenvalue weighted by Gasteiger charge is -2.14. The van der Waals surface area contributed by atoms with E-state index in [0.29, 0.717) is 10.9 Å². The summed E-state index contributed by atoms with van der Waals surface area (Å²) in [6, 6.07) is -0.900. The Morgan fingerprint density at radius 2 is 1.93 bits per heavy atom. The number of carbonyl (C=O) groups is 2. The van der Waals surface area contributed by atoms with E-state index in [9.17, 15) is 9.59 Å². The second-order valence-corrected chi connectivity index (χ2v) is 4.90. The van der Waals surface area contributed by atoms with Crippen LogP contribution in [-0.2, 0) is 9.59 Å². The fourth-order valence-electron chi connectivity index (χ4n) is 1.05. The van der Waals surface area contributed by atoms with Crippen LogP contribution in [0.1, 0.15) is 26.7 Å². The number of carboxylic acids is 1. The lowest BCUT2D eigenvalue weighted by molar-refractivity contribution is -0.141. The predicted molar refractivity (Wildman–Crippen MR) is 61.7 cm³/mol. The normalized spacial score (nSPS) is 12.3. The van der Waals surface area contributed by atoms with E-state index in [1.165, 1.54) is 0 Å². The zero-order valence-electron chi connectivity index (χ0n) is 8.92. The summed E-state index contributed by atoms with van der Waals surface area (Å²) in [5, 5.41) is 11.3. The van der Waals surface area contributed by atoms with E-state index < -0.39 is 12.0 Å². The van der Waals surface area contributed by atoms with E-state index in [2.05, 4.69) is 27.8 Å². The van der Waals surface area contributed by atoms with Gasteiger partial charge in [0.05, 0.1) is 0 Å².